The molecule has 0 atom stereocenters. The predicted molar refractivity (Wildman–Crippen MR) is 94.5 cm³/mol. The second-order valence-electron chi connectivity index (χ2n) is 6.66. The fourth-order valence-corrected chi connectivity index (χ4v) is 4.60. The predicted octanol–water partition coefficient (Wildman–Crippen LogP) is 4.11. The van der Waals surface area contributed by atoms with Gasteiger partial charge in [-0.05, 0) is 12.1 Å². The molecule has 0 amide bonds. The molecule has 0 bridgehead atoms. The average Bonchev–Trinajstić information content (AvgIpc) is 2.81. The molecule has 124 valence electrons. The maximum atomic E-state index is 12.8. The lowest BCUT2D eigenvalue weighted by molar-refractivity contribution is 0.103. The summed E-state index contributed by atoms with van der Waals surface area (Å²) in [6, 6.07) is 11.6. The van der Waals surface area contributed by atoms with Crippen molar-refractivity contribution in [2.75, 3.05) is 0 Å². The van der Waals surface area contributed by atoms with Crippen molar-refractivity contribution < 1.29 is 13.2 Å². The highest BCUT2D eigenvalue weighted by Crippen LogP contribution is 2.40. The molecule has 0 unspecified atom stereocenters. The molecule has 6 heteroatoms. The summed E-state index contributed by atoms with van der Waals surface area (Å²) >= 11 is 6.26. The van der Waals surface area contributed by atoms with Gasteiger partial charge >= 0.3 is 0 Å². The summed E-state index contributed by atoms with van der Waals surface area (Å²) in [4.78, 5) is 12.7. The zero-order valence-electron chi connectivity index (χ0n) is 13.5. The molecule has 1 aliphatic rings. The molecular formula is C18H16ClNO3S. The summed E-state index contributed by atoms with van der Waals surface area (Å²) in [5, 5.41) is 0.282. The maximum Gasteiger partial charge on any atom is 0.284 e. The van der Waals surface area contributed by atoms with Gasteiger partial charge in [-0.3, -0.25) is 4.79 Å². The van der Waals surface area contributed by atoms with E-state index in [0.717, 1.165) is 0 Å². The zero-order chi connectivity index (χ0) is 17.7. The van der Waals surface area contributed by atoms with E-state index in [1.165, 1.54) is 6.07 Å². The monoisotopic (exact) mass is 361 g/mol. The average molecular weight is 362 g/mol. The molecule has 0 N–H and O–H groups in total. The number of benzene rings is 2. The molecule has 3 rings (SSSR count). The van der Waals surface area contributed by atoms with Gasteiger partial charge in [0.15, 0.2) is 5.78 Å². The van der Waals surface area contributed by atoms with Crippen molar-refractivity contribution in [1.29, 1.82) is 0 Å². The van der Waals surface area contributed by atoms with Crippen LogP contribution in [0.4, 0.5) is 0 Å². The van der Waals surface area contributed by atoms with Gasteiger partial charge < -0.3 is 0 Å². The lowest BCUT2D eigenvalue weighted by atomic mass is 9.85. The fourth-order valence-electron chi connectivity index (χ4n) is 2.69. The van der Waals surface area contributed by atoms with E-state index in [1.54, 1.807) is 36.4 Å². The van der Waals surface area contributed by atoms with Crippen LogP contribution in [0.5, 0.6) is 0 Å². The largest absolute Gasteiger partial charge is 0.289 e. The molecule has 2 aromatic carbocycles. The first-order valence-electron chi connectivity index (χ1n) is 7.41. The highest BCUT2D eigenvalue weighted by atomic mass is 35.5. The van der Waals surface area contributed by atoms with Gasteiger partial charge in [0.1, 0.15) is 4.90 Å². The van der Waals surface area contributed by atoms with E-state index < -0.39 is 15.4 Å². The number of hydrogen-bond acceptors (Lipinski definition) is 3. The minimum Gasteiger partial charge on any atom is -0.289 e. The van der Waals surface area contributed by atoms with Gasteiger partial charge in [-0.15, -0.1) is 0 Å². The first-order valence-corrected chi connectivity index (χ1v) is 9.23. The molecular weight excluding hydrogens is 346 g/mol. The van der Waals surface area contributed by atoms with Crippen molar-refractivity contribution >= 4 is 33.1 Å². The van der Waals surface area contributed by atoms with E-state index in [0.29, 0.717) is 16.8 Å². The third kappa shape index (κ3) is 2.68. The van der Waals surface area contributed by atoms with Gasteiger partial charge in [-0.25, -0.2) is 0 Å². The number of carbonyl (C=O) groups is 1. The summed E-state index contributed by atoms with van der Waals surface area (Å²) in [7, 11) is -3.96. The summed E-state index contributed by atoms with van der Waals surface area (Å²) in [5.41, 5.74) is 0.720. The summed E-state index contributed by atoms with van der Waals surface area (Å²) in [6.07, 6.45) is 0. The van der Waals surface area contributed by atoms with Crippen molar-refractivity contribution in [3.8, 4) is 0 Å². The van der Waals surface area contributed by atoms with Crippen LogP contribution in [0.3, 0.4) is 0 Å². The summed E-state index contributed by atoms with van der Waals surface area (Å²) in [6.45, 7) is 5.58. The number of rotatable bonds is 2. The second kappa shape index (κ2) is 5.53. The smallest absolute Gasteiger partial charge is 0.284 e. The van der Waals surface area contributed by atoms with Crippen molar-refractivity contribution in [2.24, 2.45) is 9.81 Å². The van der Waals surface area contributed by atoms with Crippen LogP contribution in [0.15, 0.2) is 51.8 Å². The summed E-state index contributed by atoms with van der Waals surface area (Å²) in [5.74, 6) is -0.363. The van der Waals surface area contributed by atoms with E-state index in [4.69, 9.17) is 11.6 Å². The molecule has 0 saturated carbocycles. The molecule has 2 aromatic rings. The van der Waals surface area contributed by atoms with Crippen LogP contribution in [0, 0.1) is 5.41 Å². The molecule has 0 aliphatic carbocycles. The molecule has 4 nitrogen and oxygen atoms in total. The first-order chi connectivity index (χ1) is 11.1. The van der Waals surface area contributed by atoms with Crippen molar-refractivity contribution in [2.45, 2.75) is 25.7 Å². The van der Waals surface area contributed by atoms with E-state index in [9.17, 15) is 13.2 Å². The number of fused-ring (bicyclic) bond motifs is 1. The van der Waals surface area contributed by atoms with Gasteiger partial charge in [-0.2, -0.15) is 12.8 Å². The third-order valence-corrected chi connectivity index (χ3v) is 5.48. The maximum absolute atomic E-state index is 12.8. The Morgan fingerprint density at radius 2 is 1.67 bits per heavy atom. The van der Waals surface area contributed by atoms with Crippen molar-refractivity contribution in [3.05, 3.63) is 64.2 Å². The third-order valence-electron chi connectivity index (χ3n) is 3.80. The lowest BCUT2D eigenvalue weighted by Crippen LogP contribution is -2.20. The van der Waals surface area contributed by atoms with E-state index in [1.807, 2.05) is 20.8 Å². The number of ketones is 1. The van der Waals surface area contributed by atoms with Crippen LogP contribution in [-0.4, -0.2) is 19.9 Å². The Morgan fingerprint density at radius 1 is 1.04 bits per heavy atom. The van der Waals surface area contributed by atoms with Crippen LogP contribution in [-0.2, 0) is 10.0 Å². The van der Waals surface area contributed by atoms with Gasteiger partial charge in [0.25, 0.3) is 10.0 Å². The molecule has 0 saturated heterocycles. The Labute approximate surface area is 146 Å². The zero-order valence-corrected chi connectivity index (χ0v) is 15.1. The molecule has 1 aliphatic heterocycles. The topological polar surface area (TPSA) is 63.6 Å². The van der Waals surface area contributed by atoms with Gasteiger partial charge in [0.05, 0.1) is 10.7 Å². The Morgan fingerprint density at radius 3 is 2.25 bits per heavy atom. The quantitative estimate of drug-likeness (QED) is 0.756. The van der Waals surface area contributed by atoms with Crippen LogP contribution < -0.4 is 0 Å². The highest BCUT2D eigenvalue weighted by molar-refractivity contribution is 7.91. The van der Waals surface area contributed by atoms with E-state index >= 15 is 0 Å². The molecule has 0 fully saturated rings. The van der Waals surface area contributed by atoms with Gasteiger partial charge in [0, 0.05) is 22.1 Å². The number of halogens is 1. The van der Waals surface area contributed by atoms with E-state index in [-0.39, 0.29) is 21.3 Å². The van der Waals surface area contributed by atoms with Crippen molar-refractivity contribution in [3.63, 3.8) is 0 Å². The number of nitrogens with zero attached hydrogens (tertiary/aromatic N) is 1. The molecule has 0 aromatic heterocycles. The molecule has 1 heterocycles. The Balaban J connectivity index is 2.29. The number of carbonyl (C=O) groups excluding carboxylic acids is 1. The molecule has 0 spiro atoms. The lowest BCUT2D eigenvalue weighted by Gasteiger charge is -2.19. The highest BCUT2D eigenvalue weighted by Gasteiger charge is 2.39. The standard InChI is InChI=1S/C18H16ClNO3S/c1-18(2,3)17-14-13(19)10-9-12(16(14)24(22,23)20-17)15(21)11-7-5-4-6-8-11/h4-10H,1-3H3. The van der Waals surface area contributed by atoms with E-state index in [2.05, 4.69) is 4.40 Å². The summed E-state index contributed by atoms with van der Waals surface area (Å²) < 4.78 is 29.2. The number of hydrogen-bond donors (Lipinski definition) is 0. The van der Waals surface area contributed by atoms with Crippen LogP contribution >= 0.6 is 11.6 Å². The van der Waals surface area contributed by atoms with Crippen molar-refractivity contribution in [1.82, 2.24) is 0 Å². The second-order valence-corrected chi connectivity index (χ2v) is 8.61. The minimum absolute atomic E-state index is 0.0891. The van der Waals surface area contributed by atoms with Crippen LogP contribution in [0.25, 0.3) is 0 Å². The Bertz CT molecular complexity index is 971. The SMILES string of the molecule is CC(C)(C)C1=NS(=O)(=O)c2c(C(=O)c3ccccc3)ccc(Cl)c21. The molecule has 0 radical (unpaired) electrons. The van der Waals surface area contributed by atoms with Gasteiger partial charge in [-0.1, -0.05) is 62.7 Å². The van der Waals surface area contributed by atoms with Crippen LogP contribution in [0.2, 0.25) is 5.02 Å². The Hall–Kier alpha value is -1.98. The fraction of sp³-hybridized carbons (Fsp3) is 0.222. The first kappa shape index (κ1) is 16.9. The normalized spacial score (nSPS) is 15.8. The molecule has 24 heavy (non-hydrogen) atoms. The number of sulfonamides is 1. The van der Waals surface area contributed by atoms with Crippen LogP contribution in [0.1, 0.15) is 42.3 Å². The minimum atomic E-state index is -3.96. The Kier molecular flexibility index (Phi) is 3.89. The van der Waals surface area contributed by atoms with Gasteiger partial charge in [0.2, 0.25) is 0 Å².